The molecule has 0 unspecified atom stereocenters. The van der Waals surface area contributed by atoms with Crippen LogP contribution >= 0.6 is 11.6 Å². The molecule has 0 atom stereocenters. The predicted molar refractivity (Wildman–Crippen MR) is 47.9 cm³/mol. The Morgan fingerprint density at radius 2 is 2.08 bits per heavy atom. The lowest BCUT2D eigenvalue weighted by molar-refractivity contribution is 0.640. The molecule has 0 saturated carbocycles. The van der Waals surface area contributed by atoms with Gasteiger partial charge in [-0.1, -0.05) is 11.6 Å². The number of nitrogens with zero attached hydrogens (tertiary/aromatic N) is 1. The third-order valence-corrected chi connectivity index (χ3v) is 2.25. The summed E-state index contributed by atoms with van der Waals surface area (Å²) in [7, 11) is 1.87. The van der Waals surface area contributed by atoms with E-state index in [0.717, 1.165) is 5.52 Å². The van der Waals surface area contributed by atoms with E-state index in [1.54, 1.807) is 18.2 Å². The zero-order valence-electron chi connectivity index (χ0n) is 6.51. The lowest BCUT2D eigenvalue weighted by Crippen LogP contribution is -1.84. The second kappa shape index (κ2) is 2.49. The van der Waals surface area contributed by atoms with Gasteiger partial charge in [0.15, 0.2) is 5.82 Å². The Bertz CT molecular complexity index is 433. The molecular formula is C9H7ClFN. The molecule has 0 bridgehead atoms. The number of benzene rings is 1. The van der Waals surface area contributed by atoms with Crippen LogP contribution in [-0.4, -0.2) is 4.57 Å². The average Bonchev–Trinajstić information content (AvgIpc) is 2.41. The van der Waals surface area contributed by atoms with Gasteiger partial charge >= 0.3 is 0 Å². The number of halogens is 2. The monoisotopic (exact) mass is 183 g/mol. The van der Waals surface area contributed by atoms with Crippen molar-refractivity contribution in [2.24, 2.45) is 7.05 Å². The molecule has 62 valence electrons. The van der Waals surface area contributed by atoms with Crippen LogP contribution in [0, 0.1) is 5.82 Å². The van der Waals surface area contributed by atoms with Crippen LogP contribution < -0.4 is 0 Å². The highest BCUT2D eigenvalue weighted by Gasteiger charge is 2.06. The summed E-state index contributed by atoms with van der Waals surface area (Å²) in [4.78, 5) is 0. The van der Waals surface area contributed by atoms with Crippen LogP contribution in [0.5, 0.6) is 0 Å². The molecule has 0 aliphatic heterocycles. The first-order valence-corrected chi connectivity index (χ1v) is 3.97. The molecule has 0 aliphatic carbocycles. The fourth-order valence-electron chi connectivity index (χ4n) is 1.29. The van der Waals surface area contributed by atoms with Gasteiger partial charge in [-0.25, -0.2) is 4.39 Å². The van der Waals surface area contributed by atoms with Gasteiger partial charge in [-0.3, -0.25) is 0 Å². The maximum atomic E-state index is 13.3. The lowest BCUT2D eigenvalue weighted by atomic mass is 10.2. The molecule has 1 aromatic heterocycles. The maximum Gasteiger partial charge on any atom is 0.151 e. The second-order valence-corrected chi connectivity index (χ2v) is 3.13. The standard InChI is InChI=1S/C9H7ClFN/c1-12-5-4-6-8(12)3-2-7(10)9(6)11/h2-5H,1H3. The van der Waals surface area contributed by atoms with E-state index >= 15 is 0 Å². The Hall–Kier alpha value is -1.02. The Morgan fingerprint density at radius 1 is 1.33 bits per heavy atom. The summed E-state index contributed by atoms with van der Waals surface area (Å²) in [5.74, 6) is -0.338. The van der Waals surface area contributed by atoms with Gasteiger partial charge in [0.1, 0.15) is 0 Å². The van der Waals surface area contributed by atoms with Crippen LogP contribution in [0.2, 0.25) is 5.02 Å². The second-order valence-electron chi connectivity index (χ2n) is 2.72. The molecule has 0 spiro atoms. The quantitative estimate of drug-likeness (QED) is 0.592. The number of hydrogen-bond acceptors (Lipinski definition) is 0. The number of aryl methyl sites for hydroxylation is 1. The zero-order chi connectivity index (χ0) is 8.72. The smallest absolute Gasteiger partial charge is 0.151 e. The summed E-state index contributed by atoms with van der Waals surface area (Å²) < 4.78 is 15.1. The topological polar surface area (TPSA) is 4.93 Å². The van der Waals surface area contributed by atoms with Gasteiger partial charge in [-0.05, 0) is 18.2 Å². The molecule has 1 heterocycles. The van der Waals surface area contributed by atoms with E-state index < -0.39 is 0 Å². The molecule has 0 fully saturated rings. The minimum Gasteiger partial charge on any atom is -0.350 e. The average molecular weight is 184 g/mol. The largest absolute Gasteiger partial charge is 0.350 e. The van der Waals surface area contributed by atoms with Crippen molar-refractivity contribution in [2.75, 3.05) is 0 Å². The summed E-state index contributed by atoms with van der Waals surface area (Å²) >= 11 is 5.61. The summed E-state index contributed by atoms with van der Waals surface area (Å²) in [6.45, 7) is 0. The maximum absolute atomic E-state index is 13.3. The molecule has 0 amide bonds. The van der Waals surface area contributed by atoms with E-state index in [2.05, 4.69) is 0 Å². The first-order chi connectivity index (χ1) is 5.70. The van der Waals surface area contributed by atoms with Crippen LogP contribution in [0.15, 0.2) is 24.4 Å². The van der Waals surface area contributed by atoms with Crippen molar-refractivity contribution >= 4 is 22.5 Å². The zero-order valence-corrected chi connectivity index (χ0v) is 7.27. The fourth-order valence-corrected chi connectivity index (χ4v) is 1.45. The Kier molecular flexibility index (Phi) is 1.58. The molecule has 1 nitrogen and oxygen atoms in total. The fraction of sp³-hybridized carbons (Fsp3) is 0.111. The molecule has 0 saturated heterocycles. The molecule has 3 heteroatoms. The molecule has 1 aromatic carbocycles. The molecule has 2 aromatic rings. The van der Waals surface area contributed by atoms with Crippen molar-refractivity contribution < 1.29 is 4.39 Å². The third kappa shape index (κ3) is 0.916. The highest BCUT2D eigenvalue weighted by molar-refractivity contribution is 6.31. The molecule has 0 radical (unpaired) electrons. The predicted octanol–water partition coefficient (Wildman–Crippen LogP) is 2.97. The Labute approximate surface area is 74.4 Å². The SMILES string of the molecule is Cn1ccc2c(F)c(Cl)ccc21. The molecule has 2 rings (SSSR count). The Morgan fingerprint density at radius 3 is 2.83 bits per heavy atom. The molecule has 12 heavy (non-hydrogen) atoms. The third-order valence-electron chi connectivity index (χ3n) is 1.95. The summed E-state index contributed by atoms with van der Waals surface area (Å²) in [6, 6.07) is 5.09. The van der Waals surface area contributed by atoms with Crippen LogP contribution in [0.4, 0.5) is 4.39 Å². The van der Waals surface area contributed by atoms with E-state index in [9.17, 15) is 4.39 Å². The number of fused-ring (bicyclic) bond motifs is 1. The van der Waals surface area contributed by atoms with Crippen molar-refractivity contribution in [3.8, 4) is 0 Å². The minimum absolute atomic E-state index is 0.175. The van der Waals surface area contributed by atoms with Gasteiger partial charge in [0.2, 0.25) is 0 Å². The van der Waals surface area contributed by atoms with Crippen molar-refractivity contribution in [2.45, 2.75) is 0 Å². The van der Waals surface area contributed by atoms with Gasteiger partial charge in [-0.15, -0.1) is 0 Å². The van der Waals surface area contributed by atoms with Crippen molar-refractivity contribution in [3.63, 3.8) is 0 Å². The lowest BCUT2D eigenvalue weighted by Gasteiger charge is -1.97. The first-order valence-electron chi connectivity index (χ1n) is 3.59. The number of aromatic nitrogens is 1. The number of rotatable bonds is 0. The van der Waals surface area contributed by atoms with Crippen LogP contribution in [0.1, 0.15) is 0 Å². The van der Waals surface area contributed by atoms with Crippen molar-refractivity contribution in [1.29, 1.82) is 0 Å². The van der Waals surface area contributed by atoms with Crippen LogP contribution in [-0.2, 0) is 7.05 Å². The summed E-state index contributed by atoms with van der Waals surface area (Å²) in [5, 5.41) is 0.749. The van der Waals surface area contributed by atoms with Gasteiger partial charge < -0.3 is 4.57 Å². The summed E-state index contributed by atoms with van der Waals surface area (Å²) in [6.07, 6.45) is 1.81. The first kappa shape index (κ1) is 7.62. The van der Waals surface area contributed by atoms with Crippen LogP contribution in [0.25, 0.3) is 10.9 Å². The molecule has 0 N–H and O–H groups in total. The van der Waals surface area contributed by atoms with E-state index in [4.69, 9.17) is 11.6 Å². The van der Waals surface area contributed by atoms with Gasteiger partial charge in [0, 0.05) is 18.6 Å². The Balaban J connectivity index is 2.93. The minimum atomic E-state index is -0.338. The molecular weight excluding hydrogens is 177 g/mol. The molecule has 0 aliphatic rings. The van der Waals surface area contributed by atoms with Gasteiger partial charge in [0.05, 0.1) is 10.5 Å². The highest BCUT2D eigenvalue weighted by Crippen LogP contribution is 2.24. The van der Waals surface area contributed by atoms with Gasteiger partial charge in [-0.2, -0.15) is 0 Å². The highest BCUT2D eigenvalue weighted by atomic mass is 35.5. The van der Waals surface area contributed by atoms with E-state index in [1.165, 1.54) is 0 Å². The van der Waals surface area contributed by atoms with E-state index in [1.807, 2.05) is 17.8 Å². The summed E-state index contributed by atoms with van der Waals surface area (Å²) in [5.41, 5.74) is 0.858. The van der Waals surface area contributed by atoms with Crippen molar-refractivity contribution in [1.82, 2.24) is 4.57 Å². The van der Waals surface area contributed by atoms with Gasteiger partial charge in [0.25, 0.3) is 0 Å². The van der Waals surface area contributed by atoms with E-state index in [-0.39, 0.29) is 10.8 Å². The number of hydrogen-bond donors (Lipinski definition) is 0. The van der Waals surface area contributed by atoms with Crippen LogP contribution in [0.3, 0.4) is 0 Å². The van der Waals surface area contributed by atoms with Crippen molar-refractivity contribution in [3.05, 3.63) is 35.2 Å². The van der Waals surface area contributed by atoms with E-state index in [0.29, 0.717) is 5.39 Å². The normalized spacial score (nSPS) is 10.9.